The highest BCUT2D eigenvalue weighted by Crippen LogP contribution is 2.38. The third-order valence-electron chi connectivity index (χ3n) is 6.24. The number of benzene rings is 2. The van der Waals surface area contributed by atoms with Crippen LogP contribution in [0.25, 0.3) is 11.1 Å². The lowest BCUT2D eigenvalue weighted by molar-refractivity contribution is 0.347. The maximum atomic E-state index is 13.5. The lowest BCUT2D eigenvalue weighted by atomic mass is 9.82. The van der Waals surface area contributed by atoms with Gasteiger partial charge >= 0.3 is 0 Å². The molecule has 1 N–H and O–H groups in total. The zero-order valence-electron chi connectivity index (χ0n) is 18.9. The van der Waals surface area contributed by atoms with Crippen molar-refractivity contribution in [3.05, 3.63) is 83.7 Å². The fourth-order valence-corrected chi connectivity index (χ4v) is 4.55. The molecule has 0 saturated carbocycles. The van der Waals surface area contributed by atoms with Gasteiger partial charge in [0.05, 0.1) is 7.11 Å². The second-order valence-electron chi connectivity index (χ2n) is 8.54. The summed E-state index contributed by atoms with van der Waals surface area (Å²) in [6.45, 7) is 4.99. The molecule has 6 nitrogen and oxygen atoms in total. The van der Waals surface area contributed by atoms with Crippen molar-refractivity contribution < 1.29 is 9.13 Å². The van der Waals surface area contributed by atoms with Gasteiger partial charge in [-0.25, -0.2) is 9.07 Å². The predicted molar refractivity (Wildman–Crippen MR) is 126 cm³/mol. The first-order valence-corrected chi connectivity index (χ1v) is 11.1. The molecule has 2 atom stereocenters. The summed E-state index contributed by atoms with van der Waals surface area (Å²) >= 11 is 0. The van der Waals surface area contributed by atoms with Gasteiger partial charge in [-0.1, -0.05) is 19.1 Å². The van der Waals surface area contributed by atoms with Crippen LogP contribution in [-0.4, -0.2) is 26.9 Å². The molecule has 1 aliphatic rings. The van der Waals surface area contributed by atoms with Gasteiger partial charge in [-0.2, -0.15) is 4.98 Å². The van der Waals surface area contributed by atoms with Crippen molar-refractivity contribution in [2.75, 3.05) is 12.4 Å². The number of methoxy groups -OCH3 is 1. The summed E-state index contributed by atoms with van der Waals surface area (Å²) in [5.74, 6) is 2.44. The lowest BCUT2D eigenvalue weighted by Gasteiger charge is -2.28. The molecular weight excluding hydrogens is 417 g/mol. The zero-order valence-corrected chi connectivity index (χ0v) is 18.9. The number of hydrogen-bond donors (Lipinski definition) is 1. The van der Waals surface area contributed by atoms with E-state index >= 15 is 0 Å². The zero-order chi connectivity index (χ0) is 22.9. The molecule has 0 radical (unpaired) electrons. The maximum Gasteiger partial charge on any atom is 0.246 e. The summed E-state index contributed by atoms with van der Waals surface area (Å²) in [4.78, 5) is 9.10. The van der Waals surface area contributed by atoms with Crippen LogP contribution in [0.4, 0.5) is 16.0 Å². The van der Waals surface area contributed by atoms with Crippen molar-refractivity contribution in [3.8, 4) is 16.9 Å². The standard InChI is InChI=1S/C26H26FN5O/c1-16-11-13-32-25(24(16)18-4-6-20(27)7-5-18)30-26(31-32)29-21-8-9-22(23(15-21)33-3)19-10-12-28-17(2)14-19/h4-10,12,14-16,24H,11,13H2,1-3H3,(H,29,31). The SMILES string of the molecule is COc1cc(Nc2nc3n(n2)CCC(C)C3c2ccc(F)cc2)ccc1-c1ccnc(C)c1. The summed E-state index contributed by atoms with van der Waals surface area (Å²) in [5.41, 5.74) is 4.90. The molecule has 7 heteroatoms. The maximum absolute atomic E-state index is 13.5. The molecular formula is C26H26FN5O. The Morgan fingerprint density at radius 1 is 1.09 bits per heavy atom. The number of fused-ring (bicyclic) bond motifs is 1. The Balaban J connectivity index is 1.44. The summed E-state index contributed by atoms with van der Waals surface area (Å²) in [6.07, 6.45) is 2.79. The molecule has 0 spiro atoms. The van der Waals surface area contributed by atoms with Crippen molar-refractivity contribution in [2.24, 2.45) is 5.92 Å². The Labute approximate surface area is 192 Å². The number of nitrogens with zero attached hydrogens (tertiary/aromatic N) is 4. The van der Waals surface area contributed by atoms with E-state index in [1.54, 1.807) is 13.3 Å². The Morgan fingerprint density at radius 3 is 2.67 bits per heavy atom. The molecule has 3 heterocycles. The van der Waals surface area contributed by atoms with Crippen LogP contribution in [0.1, 0.15) is 36.3 Å². The van der Waals surface area contributed by atoms with E-state index in [4.69, 9.17) is 14.8 Å². The molecule has 0 saturated heterocycles. The third kappa shape index (κ3) is 4.18. The van der Waals surface area contributed by atoms with E-state index in [0.29, 0.717) is 11.9 Å². The highest BCUT2D eigenvalue weighted by molar-refractivity contribution is 5.74. The van der Waals surface area contributed by atoms with E-state index in [9.17, 15) is 4.39 Å². The number of aryl methyl sites for hydroxylation is 2. The Bertz CT molecular complexity index is 1280. The van der Waals surface area contributed by atoms with Gasteiger partial charge in [0.1, 0.15) is 17.4 Å². The largest absolute Gasteiger partial charge is 0.496 e. The fraction of sp³-hybridized carbons (Fsp3) is 0.269. The quantitative estimate of drug-likeness (QED) is 0.428. The summed E-state index contributed by atoms with van der Waals surface area (Å²) in [5, 5.41) is 8.02. The number of pyridine rings is 1. The minimum atomic E-state index is -0.231. The Kier molecular flexibility index (Phi) is 5.54. The average Bonchev–Trinajstić information content (AvgIpc) is 3.22. The molecule has 168 valence electrons. The van der Waals surface area contributed by atoms with Gasteiger partial charge in [0.25, 0.3) is 0 Å². The monoisotopic (exact) mass is 443 g/mol. The van der Waals surface area contributed by atoms with Crippen LogP contribution < -0.4 is 10.1 Å². The number of ether oxygens (including phenoxy) is 1. The smallest absolute Gasteiger partial charge is 0.246 e. The van der Waals surface area contributed by atoms with Crippen molar-refractivity contribution in [3.63, 3.8) is 0 Å². The average molecular weight is 444 g/mol. The Hall–Kier alpha value is -3.74. The van der Waals surface area contributed by atoms with Crippen LogP contribution in [0.3, 0.4) is 0 Å². The highest BCUT2D eigenvalue weighted by Gasteiger charge is 2.31. The van der Waals surface area contributed by atoms with Gasteiger partial charge in [0.2, 0.25) is 5.95 Å². The predicted octanol–water partition coefficient (Wildman–Crippen LogP) is 5.71. The first kappa shape index (κ1) is 21.1. The van der Waals surface area contributed by atoms with E-state index in [1.165, 1.54) is 12.1 Å². The second-order valence-corrected chi connectivity index (χ2v) is 8.54. The van der Waals surface area contributed by atoms with Crippen LogP contribution in [0, 0.1) is 18.7 Å². The molecule has 0 bridgehead atoms. The molecule has 2 aromatic heterocycles. The second kappa shape index (κ2) is 8.65. The topological polar surface area (TPSA) is 64.9 Å². The van der Waals surface area contributed by atoms with Gasteiger partial charge in [-0.05, 0) is 66.8 Å². The van der Waals surface area contributed by atoms with E-state index in [0.717, 1.165) is 52.6 Å². The van der Waals surface area contributed by atoms with Crippen molar-refractivity contribution in [1.82, 2.24) is 19.7 Å². The van der Waals surface area contributed by atoms with Crippen LogP contribution in [-0.2, 0) is 6.54 Å². The first-order chi connectivity index (χ1) is 16.0. The van der Waals surface area contributed by atoms with Crippen molar-refractivity contribution in [2.45, 2.75) is 32.7 Å². The summed E-state index contributed by atoms with van der Waals surface area (Å²) < 4.78 is 21.1. The van der Waals surface area contributed by atoms with Gasteiger partial charge < -0.3 is 10.1 Å². The Morgan fingerprint density at radius 2 is 1.91 bits per heavy atom. The van der Waals surface area contributed by atoms with E-state index in [1.807, 2.05) is 54.1 Å². The molecule has 33 heavy (non-hydrogen) atoms. The van der Waals surface area contributed by atoms with E-state index in [2.05, 4.69) is 17.2 Å². The summed E-state index contributed by atoms with van der Waals surface area (Å²) in [6, 6.07) is 16.7. The van der Waals surface area contributed by atoms with Crippen LogP contribution in [0.5, 0.6) is 5.75 Å². The molecule has 2 unspecified atom stereocenters. The molecule has 0 aliphatic carbocycles. The first-order valence-electron chi connectivity index (χ1n) is 11.1. The molecule has 5 rings (SSSR count). The fourth-order valence-electron chi connectivity index (χ4n) is 4.55. The van der Waals surface area contributed by atoms with E-state index < -0.39 is 0 Å². The van der Waals surface area contributed by atoms with Crippen molar-refractivity contribution >= 4 is 11.6 Å². The number of hydrogen-bond acceptors (Lipinski definition) is 5. The molecule has 1 aliphatic heterocycles. The van der Waals surface area contributed by atoms with Crippen LogP contribution >= 0.6 is 0 Å². The summed E-state index contributed by atoms with van der Waals surface area (Å²) in [7, 11) is 1.67. The lowest BCUT2D eigenvalue weighted by Crippen LogP contribution is -2.24. The van der Waals surface area contributed by atoms with Crippen LogP contribution in [0.2, 0.25) is 0 Å². The number of rotatable bonds is 5. The van der Waals surface area contributed by atoms with Crippen molar-refractivity contribution in [1.29, 1.82) is 0 Å². The van der Waals surface area contributed by atoms with Crippen LogP contribution in [0.15, 0.2) is 60.8 Å². The van der Waals surface area contributed by atoms with Gasteiger partial charge in [-0.3, -0.25) is 4.98 Å². The minimum Gasteiger partial charge on any atom is -0.496 e. The minimum absolute atomic E-state index is 0.0780. The number of nitrogens with one attached hydrogen (secondary N) is 1. The van der Waals surface area contributed by atoms with Gasteiger partial charge in [0, 0.05) is 41.7 Å². The molecule has 2 aromatic carbocycles. The van der Waals surface area contributed by atoms with E-state index in [-0.39, 0.29) is 11.7 Å². The highest BCUT2D eigenvalue weighted by atomic mass is 19.1. The number of anilines is 2. The molecule has 0 fully saturated rings. The molecule has 4 aromatic rings. The number of aromatic nitrogens is 4. The van der Waals surface area contributed by atoms with Gasteiger partial charge in [0.15, 0.2) is 0 Å². The third-order valence-corrected chi connectivity index (χ3v) is 6.24. The number of halogens is 1. The normalized spacial score (nSPS) is 17.5. The van der Waals surface area contributed by atoms with Gasteiger partial charge in [-0.15, -0.1) is 5.10 Å². The molecule has 0 amide bonds.